The van der Waals surface area contributed by atoms with Gasteiger partial charge in [-0.25, -0.2) is 0 Å². The van der Waals surface area contributed by atoms with Gasteiger partial charge in [-0.3, -0.25) is 4.90 Å². The smallest absolute Gasteiger partial charge is 0.0700 e. The second-order valence-corrected chi connectivity index (χ2v) is 5.51. The van der Waals surface area contributed by atoms with Crippen LogP contribution < -0.4 is 0 Å². The molecule has 4 heteroatoms. The van der Waals surface area contributed by atoms with Crippen LogP contribution in [-0.2, 0) is 9.47 Å². The van der Waals surface area contributed by atoms with Crippen molar-refractivity contribution in [1.29, 1.82) is 0 Å². The van der Waals surface area contributed by atoms with Crippen molar-refractivity contribution in [2.75, 3.05) is 40.0 Å². The number of rotatable bonds is 7. The summed E-state index contributed by atoms with van der Waals surface area (Å²) < 4.78 is 10.5. The fourth-order valence-electron chi connectivity index (χ4n) is 3.46. The van der Waals surface area contributed by atoms with Crippen LogP contribution >= 0.6 is 0 Å². The van der Waals surface area contributed by atoms with Crippen molar-refractivity contribution in [2.24, 2.45) is 5.92 Å². The first-order valence-corrected chi connectivity index (χ1v) is 7.31. The first kappa shape index (κ1) is 14.3. The first-order valence-electron chi connectivity index (χ1n) is 7.31. The van der Waals surface area contributed by atoms with Crippen LogP contribution in [0.4, 0.5) is 0 Å². The van der Waals surface area contributed by atoms with E-state index in [-0.39, 0.29) is 6.10 Å². The van der Waals surface area contributed by atoms with Crippen molar-refractivity contribution < 1.29 is 14.6 Å². The SMILES string of the molecule is COCCOCCN1CCCC1C1CCCC1O. The van der Waals surface area contributed by atoms with Gasteiger partial charge in [-0.05, 0) is 32.2 Å². The summed E-state index contributed by atoms with van der Waals surface area (Å²) in [5, 5.41) is 10.0. The third-order valence-electron chi connectivity index (χ3n) is 4.39. The number of hydrogen-bond acceptors (Lipinski definition) is 4. The highest BCUT2D eigenvalue weighted by atomic mass is 16.5. The lowest BCUT2D eigenvalue weighted by Gasteiger charge is -2.31. The molecule has 0 spiro atoms. The Labute approximate surface area is 110 Å². The minimum absolute atomic E-state index is 0.0648. The van der Waals surface area contributed by atoms with E-state index >= 15 is 0 Å². The van der Waals surface area contributed by atoms with E-state index in [1.165, 1.54) is 32.2 Å². The fourth-order valence-corrected chi connectivity index (χ4v) is 3.46. The molecule has 0 aromatic heterocycles. The van der Waals surface area contributed by atoms with Gasteiger partial charge in [0.15, 0.2) is 0 Å². The third kappa shape index (κ3) is 3.67. The Kier molecular flexibility index (Phi) is 5.89. The van der Waals surface area contributed by atoms with Gasteiger partial charge in [0.25, 0.3) is 0 Å². The summed E-state index contributed by atoms with van der Waals surface area (Å²) in [5.41, 5.74) is 0. The van der Waals surface area contributed by atoms with Gasteiger partial charge in [-0.1, -0.05) is 6.42 Å². The van der Waals surface area contributed by atoms with Gasteiger partial charge in [-0.15, -0.1) is 0 Å². The lowest BCUT2D eigenvalue weighted by atomic mass is 9.94. The first-order chi connectivity index (χ1) is 8.83. The second-order valence-electron chi connectivity index (χ2n) is 5.51. The molecule has 106 valence electrons. The van der Waals surface area contributed by atoms with Crippen LogP contribution in [0.5, 0.6) is 0 Å². The number of hydrogen-bond donors (Lipinski definition) is 1. The van der Waals surface area contributed by atoms with Gasteiger partial charge < -0.3 is 14.6 Å². The highest BCUT2D eigenvalue weighted by Gasteiger charge is 2.37. The summed E-state index contributed by atoms with van der Waals surface area (Å²) in [7, 11) is 1.70. The molecule has 1 N–H and O–H groups in total. The zero-order chi connectivity index (χ0) is 12.8. The summed E-state index contributed by atoms with van der Waals surface area (Å²) in [6, 6.07) is 0.591. The quantitative estimate of drug-likeness (QED) is 0.698. The minimum Gasteiger partial charge on any atom is -0.393 e. The Morgan fingerprint density at radius 3 is 2.72 bits per heavy atom. The van der Waals surface area contributed by atoms with Crippen LogP contribution in [0.2, 0.25) is 0 Å². The van der Waals surface area contributed by atoms with Gasteiger partial charge in [0.05, 0.1) is 25.9 Å². The predicted molar refractivity (Wildman–Crippen MR) is 70.6 cm³/mol. The van der Waals surface area contributed by atoms with Crippen molar-refractivity contribution in [3.8, 4) is 0 Å². The van der Waals surface area contributed by atoms with E-state index < -0.39 is 0 Å². The third-order valence-corrected chi connectivity index (χ3v) is 4.39. The molecule has 0 aromatic carbocycles. The standard InChI is InChI=1S/C14H27NO3/c1-17-10-11-18-9-8-15-7-3-5-13(15)12-4-2-6-14(12)16/h12-14,16H,2-11H2,1H3. The lowest BCUT2D eigenvalue weighted by molar-refractivity contribution is 0.0365. The van der Waals surface area contributed by atoms with Crippen LogP contribution in [0.1, 0.15) is 32.1 Å². The maximum Gasteiger partial charge on any atom is 0.0700 e. The highest BCUT2D eigenvalue weighted by Crippen LogP contribution is 2.35. The molecule has 2 rings (SSSR count). The summed E-state index contributed by atoms with van der Waals surface area (Å²) >= 11 is 0. The molecule has 2 fully saturated rings. The molecule has 0 bridgehead atoms. The summed E-state index contributed by atoms with van der Waals surface area (Å²) in [5.74, 6) is 0.506. The second kappa shape index (κ2) is 7.43. The molecule has 1 saturated carbocycles. The maximum absolute atomic E-state index is 10.0. The lowest BCUT2D eigenvalue weighted by Crippen LogP contribution is -2.40. The average molecular weight is 257 g/mol. The van der Waals surface area contributed by atoms with E-state index in [4.69, 9.17) is 9.47 Å². The van der Waals surface area contributed by atoms with Crippen molar-refractivity contribution in [3.05, 3.63) is 0 Å². The van der Waals surface area contributed by atoms with Crippen molar-refractivity contribution in [1.82, 2.24) is 4.90 Å². The number of ether oxygens (including phenoxy) is 2. The van der Waals surface area contributed by atoms with Crippen molar-refractivity contribution in [2.45, 2.75) is 44.2 Å². The van der Waals surface area contributed by atoms with E-state index in [0.29, 0.717) is 25.2 Å². The molecule has 4 nitrogen and oxygen atoms in total. The van der Waals surface area contributed by atoms with Crippen LogP contribution in [0.3, 0.4) is 0 Å². The number of aliphatic hydroxyl groups is 1. The zero-order valence-corrected chi connectivity index (χ0v) is 11.5. The normalized spacial score (nSPS) is 33.3. The topological polar surface area (TPSA) is 41.9 Å². The molecule has 0 radical (unpaired) electrons. The molecule has 1 aliphatic heterocycles. The Hall–Kier alpha value is -0.160. The van der Waals surface area contributed by atoms with Crippen LogP contribution in [-0.4, -0.2) is 62.2 Å². The predicted octanol–water partition coefficient (Wildman–Crippen LogP) is 1.27. The van der Waals surface area contributed by atoms with Crippen LogP contribution in [0.25, 0.3) is 0 Å². The van der Waals surface area contributed by atoms with Crippen molar-refractivity contribution in [3.63, 3.8) is 0 Å². The Morgan fingerprint density at radius 2 is 2.00 bits per heavy atom. The molecule has 0 aromatic rings. The number of likely N-dealkylation sites (tertiary alicyclic amines) is 1. The number of methoxy groups -OCH3 is 1. The van der Waals surface area contributed by atoms with Gasteiger partial charge in [0.1, 0.15) is 0 Å². The van der Waals surface area contributed by atoms with E-state index in [1.54, 1.807) is 7.11 Å². The highest BCUT2D eigenvalue weighted by molar-refractivity contribution is 4.91. The van der Waals surface area contributed by atoms with E-state index in [1.807, 2.05) is 0 Å². The van der Waals surface area contributed by atoms with Gasteiger partial charge in [-0.2, -0.15) is 0 Å². The molecule has 18 heavy (non-hydrogen) atoms. The summed E-state index contributed by atoms with van der Waals surface area (Å²) in [6.45, 7) is 4.30. The van der Waals surface area contributed by atoms with Gasteiger partial charge in [0, 0.05) is 25.6 Å². The van der Waals surface area contributed by atoms with Crippen molar-refractivity contribution >= 4 is 0 Å². The molecule has 1 heterocycles. The van der Waals surface area contributed by atoms with E-state index in [2.05, 4.69) is 4.90 Å². The molecule has 1 aliphatic carbocycles. The molecule has 0 amide bonds. The van der Waals surface area contributed by atoms with Crippen LogP contribution in [0.15, 0.2) is 0 Å². The fraction of sp³-hybridized carbons (Fsp3) is 1.00. The Balaban J connectivity index is 1.70. The van der Waals surface area contributed by atoms with E-state index in [0.717, 1.165) is 19.6 Å². The van der Waals surface area contributed by atoms with E-state index in [9.17, 15) is 5.11 Å². The Morgan fingerprint density at radius 1 is 1.11 bits per heavy atom. The minimum atomic E-state index is -0.0648. The Bertz CT molecular complexity index is 237. The zero-order valence-electron chi connectivity index (χ0n) is 11.5. The average Bonchev–Trinajstić information content (AvgIpc) is 2.97. The number of aliphatic hydroxyl groups excluding tert-OH is 1. The maximum atomic E-state index is 10.0. The monoisotopic (exact) mass is 257 g/mol. The molecular formula is C14H27NO3. The van der Waals surface area contributed by atoms with Gasteiger partial charge in [0.2, 0.25) is 0 Å². The molecule has 3 atom stereocenters. The molecule has 2 aliphatic rings. The largest absolute Gasteiger partial charge is 0.393 e. The van der Waals surface area contributed by atoms with Gasteiger partial charge >= 0.3 is 0 Å². The summed E-state index contributed by atoms with van der Waals surface area (Å²) in [6.07, 6.45) is 5.85. The van der Waals surface area contributed by atoms with Crippen LogP contribution in [0, 0.1) is 5.92 Å². The molecule has 1 saturated heterocycles. The number of nitrogens with zero attached hydrogens (tertiary/aromatic N) is 1. The summed E-state index contributed by atoms with van der Waals surface area (Å²) in [4.78, 5) is 2.52. The molecular weight excluding hydrogens is 230 g/mol. The molecule has 3 unspecified atom stereocenters.